The fourth-order valence-electron chi connectivity index (χ4n) is 6.07. The van der Waals surface area contributed by atoms with Gasteiger partial charge in [-0.05, 0) is 59.9 Å². The molecular weight excluding hydrogens is 629 g/mol. The molecule has 0 aliphatic heterocycles. The summed E-state index contributed by atoms with van der Waals surface area (Å²) in [6, 6.07) is 25.7. The van der Waals surface area contributed by atoms with Crippen LogP contribution in [0.3, 0.4) is 0 Å². The van der Waals surface area contributed by atoms with Crippen LogP contribution in [0.4, 0.5) is 4.79 Å². The van der Waals surface area contributed by atoms with Gasteiger partial charge in [-0.1, -0.05) is 95.3 Å². The van der Waals surface area contributed by atoms with Gasteiger partial charge in [0.05, 0.1) is 17.2 Å². The van der Waals surface area contributed by atoms with Gasteiger partial charge < -0.3 is 19.0 Å². The van der Waals surface area contributed by atoms with E-state index in [1.165, 1.54) is 6.26 Å². The number of amides is 1. The number of nitrogens with one attached hydrogen (secondary N) is 1. The zero-order valence-electron chi connectivity index (χ0n) is 29.0. The maximum Gasteiger partial charge on any atom is 0.407 e. The van der Waals surface area contributed by atoms with Crippen molar-refractivity contribution < 1.29 is 27.2 Å². The third-order valence-electron chi connectivity index (χ3n) is 8.12. The summed E-state index contributed by atoms with van der Waals surface area (Å²) in [4.78, 5) is 25.9. The minimum atomic E-state index is -3.71. The van der Waals surface area contributed by atoms with Gasteiger partial charge >= 0.3 is 6.09 Å². The first kappa shape index (κ1) is 36.1. The van der Waals surface area contributed by atoms with Crippen LogP contribution in [-0.4, -0.2) is 51.6 Å². The van der Waals surface area contributed by atoms with Gasteiger partial charge in [0.2, 0.25) is 0 Å². The molecule has 3 aromatic carbocycles. The molecule has 0 saturated carbocycles. The van der Waals surface area contributed by atoms with Gasteiger partial charge in [-0.25, -0.2) is 13.2 Å². The molecular formula is C37H48N2O6SSi. The minimum Gasteiger partial charge on any atom is -0.444 e. The van der Waals surface area contributed by atoms with Crippen LogP contribution >= 0.6 is 0 Å². The lowest BCUT2D eigenvalue weighted by atomic mass is 10.1. The zero-order chi connectivity index (χ0) is 34.8. The van der Waals surface area contributed by atoms with Crippen LogP contribution in [0.15, 0.2) is 83.8 Å². The number of alkyl carbamates (subject to hydrolysis) is 1. The lowest BCUT2D eigenvalue weighted by Gasteiger charge is -2.43. The summed E-state index contributed by atoms with van der Waals surface area (Å²) in [7, 11) is -6.68. The molecule has 0 bridgehead atoms. The van der Waals surface area contributed by atoms with Crippen molar-refractivity contribution in [2.75, 3.05) is 12.8 Å². The highest BCUT2D eigenvalue weighted by Gasteiger charge is 2.50. The van der Waals surface area contributed by atoms with E-state index >= 15 is 0 Å². The predicted octanol–water partition coefficient (Wildman–Crippen LogP) is 6.48. The number of hydrogen-bond acceptors (Lipinski definition) is 6. The first-order chi connectivity index (χ1) is 21.8. The van der Waals surface area contributed by atoms with Crippen molar-refractivity contribution in [1.29, 1.82) is 0 Å². The number of nitrogens with zero attached hydrogens (tertiary/aromatic N) is 1. The molecule has 4 rings (SSSR count). The van der Waals surface area contributed by atoms with Crippen LogP contribution in [0, 0.1) is 5.92 Å². The van der Waals surface area contributed by atoms with Crippen molar-refractivity contribution in [3.63, 3.8) is 0 Å². The second-order valence-electron chi connectivity index (χ2n) is 14.4. The topological polar surface area (TPSA) is 104 Å². The number of Topliss-reactive ketones (excluding diaryl/α,β-unsaturated/α-hetero) is 1. The fourth-order valence-corrected chi connectivity index (χ4v) is 11.5. The Hall–Kier alpha value is -3.73. The standard InChI is InChI=1S/C37H48N2O6SSi/c1-26(2)34(40)32-23-27-22-28(33(46(9,42)43)24-31(27)39(32)21-20-38-35(41)45-36(3,4)5)25-44-47(37(6,7)8,29-16-12-10-13-17-29)30-18-14-11-15-19-30/h10-19,22-24,26H,20-21,25H2,1-9H3,(H,38,41). The Kier molecular flexibility index (Phi) is 10.6. The molecule has 1 amide bonds. The van der Waals surface area contributed by atoms with Gasteiger partial charge in [0.1, 0.15) is 5.60 Å². The molecule has 0 aliphatic carbocycles. The van der Waals surface area contributed by atoms with E-state index < -0.39 is 29.8 Å². The van der Waals surface area contributed by atoms with Gasteiger partial charge in [-0.3, -0.25) is 4.79 Å². The quantitative estimate of drug-likeness (QED) is 0.144. The van der Waals surface area contributed by atoms with Crippen molar-refractivity contribution >= 4 is 51.3 Å². The number of rotatable bonds is 11. The Morgan fingerprint density at radius 2 is 1.43 bits per heavy atom. The van der Waals surface area contributed by atoms with Gasteiger partial charge in [-0.2, -0.15) is 0 Å². The van der Waals surface area contributed by atoms with Gasteiger partial charge in [-0.15, -0.1) is 0 Å². The third-order valence-corrected chi connectivity index (χ3v) is 14.3. The van der Waals surface area contributed by atoms with Gasteiger partial charge in [0, 0.05) is 36.2 Å². The smallest absolute Gasteiger partial charge is 0.407 e. The summed E-state index contributed by atoms with van der Waals surface area (Å²) in [5.74, 6) is -0.367. The van der Waals surface area contributed by atoms with Gasteiger partial charge in [0.25, 0.3) is 8.32 Å². The molecule has 4 aromatic rings. The second kappa shape index (κ2) is 13.8. The second-order valence-corrected chi connectivity index (χ2v) is 20.7. The summed E-state index contributed by atoms with van der Waals surface area (Å²) in [6.07, 6.45) is 0.628. The van der Waals surface area contributed by atoms with Crippen LogP contribution < -0.4 is 15.7 Å². The molecule has 0 unspecified atom stereocenters. The summed E-state index contributed by atoms with van der Waals surface area (Å²) in [5, 5.41) is 5.36. The SMILES string of the molecule is CC(C)C(=O)c1cc2cc(CO[Si](c3ccccc3)(c3ccccc3)C(C)(C)C)c(S(C)(=O)=O)cc2n1CCNC(=O)OC(C)(C)C. The van der Waals surface area contributed by atoms with E-state index in [1.807, 2.05) is 62.4 Å². The Bertz CT molecular complexity index is 1800. The summed E-state index contributed by atoms with van der Waals surface area (Å²) >= 11 is 0. The Morgan fingerprint density at radius 1 is 0.872 bits per heavy atom. The molecule has 0 fully saturated rings. The highest BCUT2D eigenvalue weighted by atomic mass is 32.2. The van der Waals surface area contributed by atoms with E-state index in [0.717, 1.165) is 15.8 Å². The Morgan fingerprint density at radius 3 is 1.89 bits per heavy atom. The average Bonchev–Trinajstić information content (AvgIpc) is 3.32. The van der Waals surface area contributed by atoms with Crippen LogP contribution in [0.5, 0.6) is 0 Å². The van der Waals surface area contributed by atoms with Crippen molar-refractivity contribution in [1.82, 2.24) is 9.88 Å². The van der Waals surface area contributed by atoms with Crippen molar-refractivity contribution in [2.45, 2.75) is 84.1 Å². The molecule has 0 spiro atoms. The molecule has 0 radical (unpaired) electrons. The normalized spacial score (nSPS) is 12.8. The number of sulfone groups is 1. The van der Waals surface area contributed by atoms with Crippen molar-refractivity contribution in [2.24, 2.45) is 5.92 Å². The summed E-state index contributed by atoms with van der Waals surface area (Å²) in [6.45, 7) is 16.0. The minimum absolute atomic E-state index is 0.0600. The highest BCUT2D eigenvalue weighted by molar-refractivity contribution is 7.90. The molecule has 1 heterocycles. The molecule has 252 valence electrons. The number of ether oxygens (including phenoxy) is 1. The lowest BCUT2D eigenvalue weighted by Crippen LogP contribution is -2.66. The fraction of sp³-hybridized carbons (Fsp3) is 0.405. The number of carbonyl (C=O) groups is 2. The largest absolute Gasteiger partial charge is 0.444 e. The number of aromatic nitrogens is 1. The number of fused-ring (bicyclic) bond motifs is 1. The molecule has 47 heavy (non-hydrogen) atoms. The summed E-state index contributed by atoms with van der Waals surface area (Å²) < 4.78 is 41.0. The predicted molar refractivity (Wildman–Crippen MR) is 191 cm³/mol. The maximum absolute atomic E-state index is 13.4. The molecule has 0 aliphatic rings. The Balaban J connectivity index is 1.84. The average molecular weight is 677 g/mol. The number of carbonyl (C=O) groups excluding carboxylic acids is 2. The van der Waals surface area contributed by atoms with E-state index in [1.54, 1.807) is 31.4 Å². The maximum atomic E-state index is 13.4. The number of ketones is 1. The van der Waals surface area contributed by atoms with E-state index in [-0.39, 0.29) is 41.3 Å². The molecule has 0 saturated heterocycles. The van der Waals surface area contributed by atoms with Crippen LogP contribution in [0.1, 0.15) is 71.4 Å². The molecule has 8 nitrogen and oxygen atoms in total. The molecule has 1 N–H and O–H groups in total. The first-order valence-electron chi connectivity index (χ1n) is 16.0. The van der Waals surface area contributed by atoms with Crippen LogP contribution in [0.25, 0.3) is 10.9 Å². The van der Waals surface area contributed by atoms with E-state index in [0.29, 0.717) is 16.8 Å². The molecule has 0 atom stereocenters. The molecule has 1 aromatic heterocycles. The zero-order valence-corrected chi connectivity index (χ0v) is 30.8. The van der Waals surface area contributed by atoms with Gasteiger partial charge in [0.15, 0.2) is 15.6 Å². The van der Waals surface area contributed by atoms with Crippen molar-refractivity contribution in [3.05, 3.63) is 90.1 Å². The highest BCUT2D eigenvalue weighted by Crippen LogP contribution is 2.38. The lowest BCUT2D eigenvalue weighted by molar-refractivity contribution is 0.0526. The van der Waals surface area contributed by atoms with E-state index in [9.17, 15) is 18.0 Å². The monoisotopic (exact) mass is 676 g/mol. The summed E-state index contributed by atoms with van der Waals surface area (Å²) in [5.41, 5.74) is 0.918. The van der Waals surface area contributed by atoms with Crippen LogP contribution in [0.2, 0.25) is 5.04 Å². The van der Waals surface area contributed by atoms with E-state index in [2.05, 4.69) is 50.4 Å². The Labute approximate surface area is 280 Å². The van der Waals surface area contributed by atoms with Crippen molar-refractivity contribution in [3.8, 4) is 0 Å². The number of benzene rings is 3. The van der Waals surface area contributed by atoms with Crippen LogP contribution in [-0.2, 0) is 32.2 Å². The third kappa shape index (κ3) is 8.05. The first-order valence-corrected chi connectivity index (χ1v) is 19.8. The van der Waals surface area contributed by atoms with E-state index in [4.69, 9.17) is 9.16 Å². The molecule has 10 heteroatoms. The number of hydrogen-bond donors (Lipinski definition) is 1.